The molecular formula is C19H28N2OS2. The molecule has 1 aromatic rings. The Bertz CT molecular complexity index is 505. The third-order valence-corrected chi connectivity index (χ3v) is 6.96. The molecule has 3 nitrogen and oxygen atoms in total. The molecule has 0 spiro atoms. The molecule has 24 heavy (non-hydrogen) atoms. The molecule has 5 heteroatoms. The standard InChI is InChI=1S/C19H28N2OS2/c22-19(16-24-15-17-5-2-1-3-6-17)21-10-4-9-20(11-12-21)18-7-13-23-14-8-18/h1-3,5-6,18H,4,7-16H2. The van der Waals surface area contributed by atoms with E-state index in [-0.39, 0.29) is 0 Å². The maximum atomic E-state index is 12.5. The summed E-state index contributed by atoms with van der Waals surface area (Å²) in [5, 5.41) is 0. The lowest BCUT2D eigenvalue weighted by Crippen LogP contribution is -2.41. The summed E-state index contributed by atoms with van der Waals surface area (Å²) in [5.74, 6) is 4.46. The fraction of sp³-hybridized carbons (Fsp3) is 0.632. The van der Waals surface area contributed by atoms with E-state index in [2.05, 4.69) is 45.8 Å². The average molecular weight is 365 g/mol. The molecule has 2 heterocycles. The molecule has 0 atom stereocenters. The SMILES string of the molecule is O=C(CSCc1ccccc1)N1CCCN(C2CCSCC2)CC1. The highest BCUT2D eigenvalue weighted by atomic mass is 32.2. The van der Waals surface area contributed by atoms with Gasteiger partial charge in [-0.3, -0.25) is 9.69 Å². The number of nitrogens with zero attached hydrogens (tertiary/aromatic N) is 2. The Morgan fingerprint density at radius 3 is 2.67 bits per heavy atom. The van der Waals surface area contributed by atoms with Crippen LogP contribution in [-0.4, -0.2) is 65.2 Å². The number of amides is 1. The van der Waals surface area contributed by atoms with E-state index in [0.29, 0.717) is 11.7 Å². The zero-order chi connectivity index (χ0) is 16.6. The van der Waals surface area contributed by atoms with Gasteiger partial charge in [-0.1, -0.05) is 30.3 Å². The monoisotopic (exact) mass is 364 g/mol. The topological polar surface area (TPSA) is 23.6 Å². The van der Waals surface area contributed by atoms with Crippen LogP contribution in [0.15, 0.2) is 30.3 Å². The lowest BCUT2D eigenvalue weighted by Gasteiger charge is -2.33. The predicted octanol–water partition coefficient (Wildman–Crippen LogP) is 3.35. The van der Waals surface area contributed by atoms with E-state index in [1.165, 1.54) is 29.9 Å². The van der Waals surface area contributed by atoms with Gasteiger partial charge in [0, 0.05) is 38.0 Å². The molecule has 2 saturated heterocycles. The molecule has 0 aromatic heterocycles. The minimum Gasteiger partial charge on any atom is -0.341 e. The first-order chi connectivity index (χ1) is 11.8. The minimum absolute atomic E-state index is 0.317. The second-order valence-corrected chi connectivity index (χ2v) is 8.80. The van der Waals surface area contributed by atoms with Crippen molar-refractivity contribution in [1.82, 2.24) is 9.80 Å². The molecular weight excluding hydrogens is 336 g/mol. The molecule has 2 aliphatic heterocycles. The van der Waals surface area contributed by atoms with Gasteiger partial charge in [0.2, 0.25) is 5.91 Å². The van der Waals surface area contributed by atoms with Crippen LogP contribution < -0.4 is 0 Å². The van der Waals surface area contributed by atoms with Crippen molar-refractivity contribution in [2.75, 3.05) is 43.4 Å². The van der Waals surface area contributed by atoms with Crippen molar-refractivity contribution in [3.05, 3.63) is 35.9 Å². The van der Waals surface area contributed by atoms with Crippen molar-refractivity contribution in [2.24, 2.45) is 0 Å². The first kappa shape index (κ1) is 18.2. The molecule has 2 fully saturated rings. The molecule has 0 aliphatic carbocycles. The molecule has 0 bridgehead atoms. The normalized spacial score (nSPS) is 20.8. The van der Waals surface area contributed by atoms with Crippen LogP contribution in [0, 0.1) is 0 Å². The van der Waals surface area contributed by atoms with E-state index in [1.807, 2.05) is 6.07 Å². The molecule has 0 radical (unpaired) electrons. The van der Waals surface area contributed by atoms with Crippen LogP contribution >= 0.6 is 23.5 Å². The van der Waals surface area contributed by atoms with Crippen LogP contribution in [0.5, 0.6) is 0 Å². The van der Waals surface area contributed by atoms with Crippen molar-refractivity contribution in [3.8, 4) is 0 Å². The summed E-state index contributed by atoms with van der Waals surface area (Å²) in [6.45, 7) is 4.07. The van der Waals surface area contributed by atoms with E-state index < -0.39 is 0 Å². The van der Waals surface area contributed by atoms with E-state index >= 15 is 0 Å². The summed E-state index contributed by atoms with van der Waals surface area (Å²) in [6.07, 6.45) is 3.77. The fourth-order valence-corrected chi connectivity index (χ4v) is 5.49. The quantitative estimate of drug-likeness (QED) is 0.799. The Balaban J connectivity index is 1.40. The lowest BCUT2D eigenvalue weighted by molar-refractivity contribution is -0.128. The van der Waals surface area contributed by atoms with Gasteiger partial charge in [-0.25, -0.2) is 0 Å². The van der Waals surface area contributed by atoms with Crippen LogP contribution in [0.2, 0.25) is 0 Å². The number of thioether (sulfide) groups is 2. The maximum absolute atomic E-state index is 12.5. The highest BCUT2D eigenvalue weighted by Gasteiger charge is 2.25. The fourth-order valence-electron chi connectivity index (χ4n) is 3.52. The van der Waals surface area contributed by atoms with Crippen molar-refractivity contribution >= 4 is 29.4 Å². The van der Waals surface area contributed by atoms with Crippen LogP contribution in [0.25, 0.3) is 0 Å². The van der Waals surface area contributed by atoms with Gasteiger partial charge in [0.05, 0.1) is 5.75 Å². The number of carbonyl (C=O) groups is 1. The Morgan fingerprint density at radius 1 is 1.08 bits per heavy atom. The Kier molecular flexibility index (Phi) is 7.36. The highest BCUT2D eigenvalue weighted by molar-refractivity contribution is 7.99. The third kappa shape index (κ3) is 5.43. The molecule has 0 N–H and O–H groups in total. The van der Waals surface area contributed by atoms with Gasteiger partial charge in [0.25, 0.3) is 0 Å². The van der Waals surface area contributed by atoms with Crippen molar-refractivity contribution in [3.63, 3.8) is 0 Å². The first-order valence-corrected chi connectivity index (χ1v) is 11.3. The molecule has 0 unspecified atom stereocenters. The maximum Gasteiger partial charge on any atom is 0.232 e. The Hall–Kier alpha value is -0.650. The molecule has 1 aromatic carbocycles. The summed E-state index contributed by atoms with van der Waals surface area (Å²) in [4.78, 5) is 17.2. The van der Waals surface area contributed by atoms with Crippen LogP contribution in [0.1, 0.15) is 24.8 Å². The molecule has 2 aliphatic rings. The van der Waals surface area contributed by atoms with Crippen LogP contribution in [0.3, 0.4) is 0 Å². The average Bonchev–Trinajstić information content (AvgIpc) is 2.89. The van der Waals surface area contributed by atoms with Gasteiger partial charge < -0.3 is 4.90 Å². The van der Waals surface area contributed by atoms with E-state index in [9.17, 15) is 4.79 Å². The molecule has 0 saturated carbocycles. The lowest BCUT2D eigenvalue weighted by atomic mass is 10.1. The zero-order valence-electron chi connectivity index (χ0n) is 14.4. The summed E-state index contributed by atoms with van der Waals surface area (Å²) in [6, 6.07) is 11.2. The van der Waals surface area contributed by atoms with Gasteiger partial charge >= 0.3 is 0 Å². The highest BCUT2D eigenvalue weighted by Crippen LogP contribution is 2.23. The number of hydrogen-bond acceptors (Lipinski definition) is 4. The summed E-state index contributed by atoms with van der Waals surface area (Å²) < 4.78 is 0. The first-order valence-electron chi connectivity index (χ1n) is 9.04. The van der Waals surface area contributed by atoms with E-state index in [0.717, 1.165) is 44.4 Å². The van der Waals surface area contributed by atoms with Crippen molar-refractivity contribution < 1.29 is 4.79 Å². The van der Waals surface area contributed by atoms with E-state index in [4.69, 9.17) is 0 Å². The minimum atomic E-state index is 0.317. The third-order valence-electron chi connectivity index (χ3n) is 4.93. The molecule has 3 rings (SSSR count). The Labute approximate surface area is 154 Å². The zero-order valence-corrected chi connectivity index (χ0v) is 16.0. The largest absolute Gasteiger partial charge is 0.341 e. The smallest absolute Gasteiger partial charge is 0.232 e. The van der Waals surface area contributed by atoms with E-state index in [1.54, 1.807) is 11.8 Å². The molecule has 1 amide bonds. The van der Waals surface area contributed by atoms with Crippen LogP contribution in [-0.2, 0) is 10.5 Å². The number of carbonyl (C=O) groups excluding carboxylic acids is 1. The second kappa shape index (κ2) is 9.73. The summed E-state index contributed by atoms with van der Waals surface area (Å²) >= 11 is 3.82. The molecule has 132 valence electrons. The number of hydrogen-bond donors (Lipinski definition) is 0. The van der Waals surface area contributed by atoms with Crippen LogP contribution in [0.4, 0.5) is 0 Å². The van der Waals surface area contributed by atoms with Crippen molar-refractivity contribution in [2.45, 2.75) is 31.1 Å². The summed E-state index contributed by atoms with van der Waals surface area (Å²) in [7, 11) is 0. The second-order valence-electron chi connectivity index (χ2n) is 6.59. The number of benzene rings is 1. The van der Waals surface area contributed by atoms with Gasteiger partial charge in [-0.15, -0.1) is 11.8 Å². The summed E-state index contributed by atoms with van der Waals surface area (Å²) in [5.41, 5.74) is 1.30. The Morgan fingerprint density at radius 2 is 1.88 bits per heavy atom. The van der Waals surface area contributed by atoms with Gasteiger partial charge in [0.15, 0.2) is 0 Å². The predicted molar refractivity (Wildman–Crippen MR) is 106 cm³/mol. The van der Waals surface area contributed by atoms with Gasteiger partial charge in [-0.05, 0) is 36.3 Å². The van der Waals surface area contributed by atoms with Crippen molar-refractivity contribution in [1.29, 1.82) is 0 Å². The van der Waals surface area contributed by atoms with Gasteiger partial charge in [0.1, 0.15) is 0 Å². The van der Waals surface area contributed by atoms with Gasteiger partial charge in [-0.2, -0.15) is 11.8 Å². The number of rotatable bonds is 5.